The molecule has 0 saturated heterocycles. The molecule has 1 heterocycles. The highest BCUT2D eigenvalue weighted by molar-refractivity contribution is 6.30. The Morgan fingerprint density at radius 2 is 1.95 bits per heavy atom. The SMILES string of the molecule is COc1cccc(C2=N/C(=C/c3ccc(Cl)cc3)C(=O)N2)c1. The minimum absolute atomic E-state index is 0.229. The van der Waals surface area contributed by atoms with Gasteiger partial charge >= 0.3 is 0 Å². The molecule has 0 aliphatic carbocycles. The Bertz CT molecular complexity index is 780. The van der Waals surface area contributed by atoms with E-state index in [1.54, 1.807) is 25.3 Å². The van der Waals surface area contributed by atoms with E-state index < -0.39 is 0 Å². The van der Waals surface area contributed by atoms with E-state index in [4.69, 9.17) is 16.3 Å². The van der Waals surface area contributed by atoms with Crippen LogP contribution in [0.3, 0.4) is 0 Å². The number of nitrogens with zero attached hydrogens (tertiary/aromatic N) is 1. The van der Waals surface area contributed by atoms with Crippen molar-refractivity contribution in [1.82, 2.24) is 5.32 Å². The Morgan fingerprint density at radius 3 is 2.68 bits per heavy atom. The zero-order valence-electron chi connectivity index (χ0n) is 11.8. The summed E-state index contributed by atoms with van der Waals surface area (Å²) in [7, 11) is 1.60. The molecule has 22 heavy (non-hydrogen) atoms. The predicted octanol–water partition coefficient (Wildman–Crippen LogP) is 3.27. The van der Waals surface area contributed by atoms with E-state index in [0.29, 0.717) is 22.3 Å². The van der Waals surface area contributed by atoms with Gasteiger partial charge in [0, 0.05) is 10.6 Å². The smallest absolute Gasteiger partial charge is 0.275 e. The summed E-state index contributed by atoms with van der Waals surface area (Å²) in [6, 6.07) is 14.6. The summed E-state index contributed by atoms with van der Waals surface area (Å²) in [5.74, 6) is 1.00. The lowest BCUT2D eigenvalue weighted by molar-refractivity contribution is -0.115. The Kier molecular flexibility index (Phi) is 3.94. The normalized spacial score (nSPS) is 15.6. The first-order valence-electron chi connectivity index (χ1n) is 6.67. The fourth-order valence-electron chi connectivity index (χ4n) is 2.09. The molecule has 0 bridgehead atoms. The molecule has 4 nitrogen and oxygen atoms in total. The van der Waals surface area contributed by atoms with Gasteiger partial charge in [-0.05, 0) is 35.9 Å². The maximum absolute atomic E-state index is 12.0. The van der Waals surface area contributed by atoms with Gasteiger partial charge in [-0.1, -0.05) is 35.9 Å². The highest BCUT2D eigenvalue weighted by Gasteiger charge is 2.21. The summed E-state index contributed by atoms with van der Waals surface area (Å²) in [6.45, 7) is 0. The number of carbonyl (C=O) groups is 1. The second kappa shape index (κ2) is 6.03. The van der Waals surface area contributed by atoms with Gasteiger partial charge in [0.1, 0.15) is 17.3 Å². The van der Waals surface area contributed by atoms with Crippen LogP contribution in [0.2, 0.25) is 5.02 Å². The molecule has 2 aromatic rings. The molecule has 1 aliphatic rings. The first-order chi connectivity index (χ1) is 10.7. The van der Waals surface area contributed by atoms with Crippen LogP contribution >= 0.6 is 11.6 Å². The van der Waals surface area contributed by atoms with Gasteiger partial charge in [-0.2, -0.15) is 0 Å². The van der Waals surface area contributed by atoms with Crippen molar-refractivity contribution in [2.45, 2.75) is 0 Å². The van der Waals surface area contributed by atoms with Gasteiger partial charge in [0.2, 0.25) is 0 Å². The molecule has 2 aromatic carbocycles. The number of amidine groups is 1. The Hall–Kier alpha value is -2.59. The lowest BCUT2D eigenvalue weighted by Gasteiger charge is -2.03. The van der Waals surface area contributed by atoms with Gasteiger partial charge in [0.25, 0.3) is 5.91 Å². The summed E-state index contributed by atoms with van der Waals surface area (Å²) in [4.78, 5) is 16.4. The molecular formula is C17H13ClN2O2. The van der Waals surface area contributed by atoms with Crippen LogP contribution < -0.4 is 10.1 Å². The van der Waals surface area contributed by atoms with Crippen molar-refractivity contribution in [2.75, 3.05) is 7.11 Å². The average Bonchev–Trinajstić information content (AvgIpc) is 2.91. The highest BCUT2D eigenvalue weighted by atomic mass is 35.5. The summed E-state index contributed by atoms with van der Waals surface area (Å²) in [5, 5.41) is 3.42. The minimum atomic E-state index is -0.229. The number of amides is 1. The molecule has 5 heteroatoms. The number of hydrogen-bond acceptors (Lipinski definition) is 3. The third-order valence-corrected chi connectivity index (χ3v) is 3.47. The standard InChI is InChI=1S/C17H13ClN2O2/c1-22-14-4-2-3-12(10-14)16-19-15(17(21)20-16)9-11-5-7-13(18)8-6-11/h2-10H,1H3,(H,19,20,21)/b15-9+. The van der Waals surface area contributed by atoms with E-state index in [1.165, 1.54) is 0 Å². The molecule has 0 saturated carbocycles. The van der Waals surface area contributed by atoms with Gasteiger partial charge in [-0.3, -0.25) is 4.79 Å². The third kappa shape index (κ3) is 3.02. The number of carbonyl (C=O) groups excluding carboxylic acids is 1. The van der Waals surface area contributed by atoms with E-state index in [1.807, 2.05) is 36.4 Å². The van der Waals surface area contributed by atoms with E-state index >= 15 is 0 Å². The fourth-order valence-corrected chi connectivity index (χ4v) is 2.22. The number of benzene rings is 2. The van der Waals surface area contributed by atoms with Gasteiger partial charge < -0.3 is 10.1 Å². The molecule has 3 rings (SSSR count). The van der Waals surface area contributed by atoms with E-state index in [9.17, 15) is 4.79 Å². The van der Waals surface area contributed by atoms with Gasteiger partial charge in [-0.25, -0.2) is 4.99 Å². The molecule has 0 fully saturated rings. The summed E-state index contributed by atoms with van der Waals surface area (Å²) in [6.07, 6.45) is 1.72. The summed E-state index contributed by atoms with van der Waals surface area (Å²) < 4.78 is 5.18. The van der Waals surface area contributed by atoms with Crippen LogP contribution in [0, 0.1) is 0 Å². The number of nitrogens with one attached hydrogen (secondary N) is 1. The highest BCUT2D eigenvalue weighted by Crippen LogP contribution is 2.19. The van der Waals surface area contributed by atoms with Crippen molar-refractivity contribution in [3.63, 3.8) is 0 Å². The Morgan fingerprint density at radius 1 is 1.18 bits per heavy atom. The molecule has 1 amide bonds. The number of hydrogen-bond donors (Lipinski definition) is 1. The molecule has 110 valence electrons. The van der Waals surface area contributed by atoms with Crippen molar-refractivity contribution in [3.8, 4) is 5.75 Å². The number of methoxy groups -OCH3 is 1. The Labute approximate surface area is 133 Å². The predicted molar refractivity (Wildman–Crippen MR) is 87.1 cm³/mol. The largest absolute Gasteiger partial charge is 0.497 e. The van der Waals surface area contributed by atoms with Crippen LogP contribution in [0.5, 0.6) is 5.75 Å². The van der Waals surface area contributed by atoms with Crippen LogP contribution in [-0.2, 0) is 4.79 Å². The summed E-state index contributed by atoms with van der Waals surface area (Å²) >= 11 is 5.85. The van der Waals surface area contributed by atoms with E-state index in [0.717, 1.165) is 11.1 Å². The summed E-state index contributed by atoms with van der Waals surface area (Å²) in [5.41, 5.74) is 2.03. The maximum atomic E-state index is 12.0. The number of halogens is 1. The van der Waals surface area contributed by atoms with Crippen LogP contribution in [0.25, 0.3) is 6.08 Å². The van der Waals surface area contributed by atoms with Crippen molar-refractivity contribution in [3.05, 3.63) is 70.4 Å². The quantitative estimate of drug-likeness (QED) is 0.884. The van der Waals surface area contributed by atoms with Gasteiger partial charge in [0.05, 0.1) is 7.11 Å². The second-order valence-electron chi connectivity index (χ2n) is 4.73. The topological polar surface area (TPSA) is 50.7 Å². The molecule has 0 unspecified atom stereocenters. The van der Waals surface area contributed by atoms with Crippen molar-refractivity contribution >= 4 is 29.4 Å². The van der Waals surface area contributed by atoms with Crippen molar-refractivity contribution in [2.24, 2.45) is 4.99 Å². The lowest BCUT2D eigenvalue weighted by Crippen LogP contribution is -2.24. The van der Waals surface area contributed by atoms with Crippen molar-refractivity contribution < 1.29 is 9.53 Å². The van der Waals surface area contributed by atoms with Crippen LogP contribution in [0.15, 0.2) is 59.2 Å². The minimum Gasteiger partial charge on any atom is -0.497 e. The Balaban J connectivity index is 1.92. The van der Waals surface area contributed by atoms with Crippen LogP contribution in [-0.4, -0.2) is 18.9 Å². The molecule has 0 radical (unpaired) electrons. The van der Waals surface area contributed by atoms with Gasteiger partial charge in [0.15, 0.2) is 0 Å². The molecule has 0 spiro atoms. The number of aliphatic imine (C=N–C) groups is 1. The molecule has 0 aromatic heterocycles. The van der Waals surface area contributed by atoms with Crippen LogP contribution in [0.4, 0.5) is 0 Å². The molecule has 1 N–H and O–H groups in total. The maximum Gasteiger partial charge on any atom is 0.275 e. The molecule has 1 aliphatic heterocycles. The van der Waals surface area contributed by atoms with Crippen LogP contribution in [0.1, 0.15) is 11.1 Å². The number of rotatable bonds is 3. The first kappa shape index (κ1) is 14.4. The molecular weight excluding hydrogens is 300 g/mol. The lowest BCUT2D eigenvalue weighted by atomic mass is 10.2. The average molecular weight is 313 g/mol. The first-order valence-corrected chi connectivity index (χ1v) is 7.05. The monoisotopic (exact) mass is 312 g/mol. The van der Waals surface area contributed by atoms with Gasteiger partial charge in [-0.15, -0.1) is 0 Å². The van der Waals surface area contributed by atoms with Crippen molar-refractivity contribution in [1.29, 1.82) is 0 Å². The molecule has 0 atom stereocenters. The number of ether oxygens (including phenoxy) is 1. The fraction of sp³-hybridized carbons (Fsp3) is 0.0588. The van der Waals surface area contributed by atoms with E-state index in [2.05, 4.69) is 10.3 Å². The second-order valence-corrected chi connectivity index (χ2v) is 5.16. The van der Waals surface area contributed by atoms with E-state index in [-0.39, 0.29) is 5.91 Å². The zero-order valence-corrected chi connectivity index (χ0v) is 12.6. The third-order valence-electron chi connectivity index (χ3n) is 3.21. The zero-order chi connectivity index (χ0) is 15.5.